The van der Waals surface area contributed by atoms with Crippen molar-refractivity contribution in [3.8, 4) is 0 Å². The molecule has 112 valence electrons. The molecule has 1 atom stereocenters. The van der Waals surface area contributed by atoms with Crippen LogP contribution in [0, 0.1) is 0 Å². The van der Waals surface area contributed by atoms with Gasteiger partial charge in [-0.2, -0.15) is 0 Å². The van der Waals surface area contributed by atoms with E-state index >= 15 is 0 Å². The van der Waals surface area contributed by atoms with Gasteiger partial charge in [-0.15, -0.1) is 11.3 Å². The van der Waals surface area contributed by atoms with Gasteiger partial charge in [-0.3, -0.25) is 4.98 Å². The second-order valence-corrected chi connectivity index (χ2v) is 6.86. The fourth-order valence-corrected chi connectivity index (χ4v) is 4.41. The molecule has 0 bridgehead atoms. The monoisotopic (exact) mass is 310 g/mol. The number of hydrogen-bond acceptors (Lipinski definition) is 5. The van der Waals surface area contributed by atoms with E-state index in [1.807, 2.05) is 29.7 Å². The summed E-state index contributed by atoms with van der Waals surface area (Å²) in [6, 6.07) is 6.23. The summed E-state index contributed by atoms with van der Waals surface area (Å²) in [6.07, 6.45) is 7.13. The minimum atomic E-state index is 0.177. The van der Waals surface area contributed by atoms with Crippen LogP contribution < -0.4 is 4.90 Å². The second-order valence-electron chi connectivity index (χ2n) is 5.78. The van der Waals surface area contributed by atoms with E-state index in [1.165, 1.54) is 28.7 Å². The number of aryl methyl sites for hydroxylation is 2. The van der Waals surface area contributed by atoms with E-state index in [0.717, 1.165) is 22.8 Å². The van der Waals surface area contributed by atoms with Crippen molar-refractivity contribution in [2.24, 2.45) is 0 Å². The summed E-state index contributed by atoms with van der Waals surface area (Å²) >= 11 is 1.83. The molecule has 22 heavy (non-hydrogen) atoms. The quantitative estimate of drug-likeness (QED) is 0.738. The van der Waals surface area contributed by atoms with E-state index in [9.17, 15) is 0 Å². The molecular formula is C17H18N4S. The van der Waals surface area contributed by atoms with E-state index in [1.54, 1.807) is 6.33 Å². The largest absolute Gasteiger partial charge is 0.351 e. The van der Waals surface area contributed by atoms with Crippen molar-refractivity contribution >= 4 is 27.4 Å². The zero-order chi connectivity index (χ0) is 15.1. The number of nitrogens with zero attached hydrogens (tertiary/aromatic N) is 4. The van der Waals surface area contributed by atoms with E-state index in [-0.39, 0.29) is 6.04 Å². The molecule has 4 rings (SSSR count). The Morgan fingerprint density at radius 1 is 1.18 bits per heavy atom. The van der Waals surface area contributed by atoms with E-state index in [0.29, 0.717) is 0 Å². The van der Waals surface area contributed by atoms with Gasteiger partial charge >= 0.3 is 0 Å². The molecule has 0 saturated carbocycles. The minimum absolute atomic E-state index is 0.177. The smallest absolute Gasteiger partial charge is 0.141 e. The molecule has 0 fully saturated rings. The maximum atomic E-state index is 4.60. The van der Waals surface area contributed by atoms with Crippen LogP contribution in [0.2, 0.25) is 0 Å². The Morgan fingerprint density at radius 2 is 2.09 bits per heavy atom. The predicted octanol–water partition coefficient (Wildman–Crippen LogP) is 3.77. The summed E-state index contributed by atoms with van der Waals surface area (Å²) in [7, 11) is 2.10. The highest BCUT2D eigenvalue weighted by molar-refractivity contribution is 7.19. The SMILES string of the molecule is CC(c1ccccn1)N(C)c1ncnc2sc3c(c12)CCC3. The zero-order valence-electron chi connectivity index (χ0n) is 12.8. The van der Waals surface area contributed by atoms with Gasteiger partial charge in [-0.05, 0) is 43.9 Å². The number of anilines is 1. The lowest BCUT2D eigenvalue weighted by Gasteiger charge is -2.26. The maximum Gasteiger partial charge on any atom is 0.141 e. The number of pyridine rings is 1. The molecule has 5 heteroatoms. The summed E-state index contributed by atoms with van der Waals surface area (Å²) in [5.74, 6) is 1.03. The third-order valence-electron chi connectivity index (χ3n) is 4.51. The first-order valence-corrected chi connectivity index (χ1v) is 8.46. The third-order valence-corrected chi connectivity index (χ3v) is 5.71. The maximum absolute atomic E-state index is 4.60. The van der Waals surface area contributed by atoms with E-state index in [2.05, 4.69) is 39.9 Å². The average molecular weight is 310 g/mol. The fourth-order valence-electron chi connectivity index (χ4n) is 3.18. The fraction of sp³-hybridized carbons (Fsp3) is 0.353. The highest BCUT2D eigenvalue weighted by atomic mass is 32.1. The highest BCUT2D eigenvalue weighted by Gasteiger charge is 2.24. The Balaban J connectivity index is 1.80. The molecule has 3 aromatic rings. The van der Waals surface area contributed by atoms with Crippen LogP contribution in [0.5, 0.6) is 0 Å². The van der Waals surface area contributed by atoms with Crippen LogP contribution in [0.4, 0.5) is 5.82 Å². The van der Waals surface area contributed by atoms with Crippen LogP contribution in [0.25, 0.3) is 10.2 Å². The molecule has 0 aromatic carbocycles. The summed E-state index contributed by atoms with van der Waals surface area (Å²) in [6.45, 7) is 2.17. The number of hydrogen-bond donors (Lipinski definition) is 0. The zero-order valence-corrected chi connectivity index (χ0v) is 13.6. The summed E-state index contributed by atoms with van der Waals surface area (Å²) in [5, 5.41) is 1.25. The molecule has 4 nitrogen and oxygen atoms in total. The molecule has 0 N–H and O–H groups in total. The van der Waals surface area contributed by atoms with Gasteiger partial charge in [0.05, 0.1) is 17.1 Å². The molecule has 0 radical (unpaired) electrons. The van der Waals surface area contributed by atoms with Crippen LogP contribution in [0.1, 0.15) is 35.5 Å². The van der Waals surface area contributed by atoms with Gasteiger partial charge < -0.3 is 4.90 Å². The van der Waals surface area contributed by atoms with Gasteiger partial charge in [0.15, 0.2) is 0 Å². The Labute approximate surface area is 133 Å². The normalized spacial score (nSPS) is 15.0. The first kappa shape index (κ1) is 13.6. The van der Waals surface area contributed by atoms with Crippen molar-refractivity contribution in [3.05, 3.63) is 46.9 Å². The van der Waals surface area contributed by atoms with E-state index in [4.69, 9.17) is 0 Å². The number of aromatic nitrogens is 3. The second kappa shape index (κ2) is 5.32. The van der Waals surface area contributed by atoms with Crippen LogP contribution >= 0.6 is 11.3 Å². The van der Waals surface area contributed by atoms with Gasteiger partial charge in [0.1, 0.15) is 17.0 Å². The lowest BCUT2D eigenvalue weighted by Crippen LogP contribution is -2.23. The number of fused-ring (bicyclic) bond motifs is 3. The highest BCUT2D eigenvalue weighted by Crippen LogP contribution is 2.41. The first-order valence-electron chi connectivity index (χ1n) is 7.64. The average Bonchev–Trinajstić information content (AvgIpc) is 3.14. The lowest BCUT2D eigenvalue weighted by atomic mass is 10.1. The molecule has 0 spiro atoms. The molecule has 1 unspecified atom stereocenters. The van der Waals surface area contributed by atoms with Crippen LogP contribution in [-0.4, -0.2) is 22.0 Å². The third kappa shape index (κ3) is 2.08. The molecule has 0 saturated heterocycles. The summed E-state index contributed by atoms with van der Waals surface area (Å²) in [4.78, 5) is 18.4. The molecule has 3 aromatic heterocycles. The first-order chi connectivity index (χ1) is 10.8. The molecule has 0 amide bonds. The van der Waals surface area contributed by atoms with Gasteiger partial charge in [-0.25, -0.2) is 9.97 Å². The van der Waals surface area contributed by atoms with Gasteiger partial charge in [0, 0.05) is 18.1 Å². The van der Waals surface area contributed by atoms with E-state index < -0.39 is 0 Å². The van der Waals surface area contributed by atoms with Gasteiger partial charge in [0.25, 0.3) is 0 Å². The van der Waals surface area contributed by atoms with Crippen molar-refractivity contribution < 1.29 is 0 Å². The summed E-state index contributed by atoms with van der Waals surface area (Å²) < 4.78 is 0. The number of rotatable bonds is 3. The Hall–Kier alpha value is -2.01. The van der Waals surface area contributed by atoms with Crippen molar-refractivity contribution in [1.82, 2.24) is 15.0 Å². The van der Waals surface area contributed by atoms with Crippen molar-refractivity contribution in [2.75, 3.05) is 11.9 Å². The Bertz CT molecular complexity index is 812. The minimum Gasteiger partial charge on any atom is -0.351 e. The predicted molar refractivity (Wildman–Crippen MR) is 90.5 cm³/mol. The Morgan fingerprint density at radius 3 is 2.91 bits per heavy atom. The molecular weight excluding hydrogens is 292 g/mol. The van der Waals surface area contributed by atoms with Crippen LogP contribution in [0.3, 0.4) is 0 Å². The van der Waals surface area contributed by atoms with Gasteiger partial charge in [0.2, 0.25) is 0 Å². The van der Waals surface area contributed by atoms with Crippen molar-refractivity contribution in [1.29, 1.82) is 0 Å². The molecule has 3 heterocycles. The lowest BCUT2D eigenvalue weighted by molar-refractivity contribution is 0.707. The topological polar surface area (TPSA) is 41.9 Å². The van der Waals surface area contributed by atoms with Crippen LogP contribution in [-0.2, 0) is 12.8 Å². The van der Waals surface area contributed by atoms with Crippen molar-refractivity contribution in [3.63, 3.8) is 0 Å². The summed E-state index contributed by atoms with van der Waals surface area (Å²) in [5.41, 5.74) is 2.53. The molecule has 1 aliphatic carbocycles. The van der Waals surface area contributed by atoms with Crippen LogP contribution in [0.15, 0.2) is 30.7 Å². The van der Waals surface area contributed by atoms with Gasteiger partial charge in [-0.1, -0.05) is 6.07 Å². The molecule has 0 aliphatic heterocycles. The molecule has 1 aliphatic rings. The standard InChI is InChI=1S/C17H18N4S/c1-11(13-7-3-4-9-18-13)21(2)16-15-12-6-5-8-14(12)22-17(15)20-10-19-16/h3-4,7,9-11H,5-6,8H2,1-2H3. The van der Waals surface area contributed by atoms with Crippen molar-refractivity contribution in [2.45, 2.75) is 32.2 Å². The Kier molecular flexibility index (Phi) is 3.30. The number of thiophene rings is 1.